The smallest absolute Gasteiger partial charge is 0.301 e. The van der Waals surface area contributed by atoms with Gasteiger partial charge in [0.25, 0.3) is 5.78 Å². The van der Waals surface area contributed by atoms with Crippen molar-refractivity contribution in [2.45, 2.75) is 25.8 Å². The molecule has 0 spiro atoms. The summed E-state index contributed by atoms with van der Waals surface area (Å²) in [4.78, 5) is 32.7. The van der Waals surface area contributed by atoms with E-state index in [9.17, 15) is 14.7 Å². The van der Waals surface area contributed by atoms with E-state index in [1.54, 1.807) is 66.7 Å². The summed E-state index contributed by atoms with van der Waals surface area (Å²) in [5.74, 6) is -1.29. The molecule has 1 saturated heterocycles. The number of ether oxygens (including phenoxy) is 1. The molecule has 1 aromatic heterocycles. The number of carbonyl (C=O) groups is 2. The lowest BCUT2D eigenvalue weighted by Crippen LogP contribution is -2.29. The van der Waals surface area contributed by atoms with Crippen molar-refractivity contribution >= 4 is 67.3 Å². The van der Waals surface area contributed by atoms with Gasteiger partial charge < -0.3 is 9.84 Å². The van der Waals surface area contributed by atoms with Crippen molar-refractivity contribution in [1.82, 2.24) is 4.98 Å². The number of amides is 1. The number of anilines is 1. The standard InChI is InChI=1S/C28H22Cl2N2O4S/c1-2-3-13-36-20-6-4-5-17(14-20)25(33)23-24(16-7-9-18(29)10-8-16)32(27(35)26(23)34)28-31-21-12-11-19(30)15-22(21)37-28/h4-12,14-15,24,33H,2-3,13H2,1H3/b25-23+. The lowest BCUT2D eigenvalue weighted by molar-refractivity contribution is -0.132. The van der Waals surface area contributed by atoms with E-state index < -0.39 is 17.7 Å². The number of thiazole rings is 1. The first kappa shape index (κ1) is 25.3. The molecule has 4 aromatic rings. The number of ketones is 1. The van der Waals surface area contributed by atoms with Crippen LogP contribution in [0.25, 0.3) is 16.0 Å². The molecule has 1 amide bonds. The molecule has 1 aliphatic rings. The highest BCUT2D eigenvalue weighted by atomic mass is 35.5. The molecular formula is C28H22Cl2N2O4S. The van der Waals surface area contributed by atoms with Crippen LogP contribution in [0.1, 0.15) is 36.9 Å². The Balaban J connectivity index is 1.64. The Bertz CT molecular complexity index is 1530. The second kappa shape index (κ2) is 10.5. The average molecular weight is 553 g/mol. The number of nitrogens with zero attached hydrogens (tertiary/aromatic N) is 2. The van der Waals surface area contributed by atoms with Crippen LogP contribution in [0.3, 0.4) is 0 Å². The van der Waals surface area contributed by atoms with E-state index in [0.29, 0.717) is 44.2 Å². The van der Waals surface area contributed by atoms with Crippen molar-refractivity contribution in [3.05, 3.63) is 93.5 Å². The Morgan fingerprint density at radius 3 is 2.57 bits per heavy atom. The van der Waals surface area contributed by atoms with Gasteiger partial charge in [-0.1, -0.05) is 72.1 Å². The monoisotopic (exact) mass is 552 g/mol. The number of rotatable bonds is 7. The molecule has 6 nitrogen and oxygen atoms in total. The highest BCUT2D eigenvalue weighted by molar-refractivity contribution is 7.22. The molecule has 37 heavy (non-hydrogen) atoms. The van der Waals surface area contributed by atoms with Gasteiger partial charge in [-0.25, -0.2) is 4.98 Å². The van der Waals surface area contributed by atoms with Crippen molar-refractivity contribution in [3.63, 3.8) is 0 Å². The fourth-order valence-corrected chi connectivity index (χ4v) is 5.60. The van der Waals surface area contributed by atoms with Crippen LogP contribution in [0.2, 0.25) is 10.0 Å². The lowest BCUT2D eigenvalue weighted by Gasteiger charge is -2.23. The fraction of sp³-hybridized carbons (Fsp3) is 0.179. The quantitative estimate of drug-likeness (QED) is 0.112. The average Bonchev–Trinajstić information content (AvgIpc) is 3.42. The first-order valence-electron chi connectivity index (χ1n) is 11.7. The third-order valence-corrected chi connectivity index (χ3v) is 7.55. The third kappa shape index (κ3) is 4.94. The second-order valence-corrected chi connectivity index (χ2v) is 10.4. The molecular weight excluding hydrogens is 531 g/mol. The molecule has 1 atom stereocenters. The van der Waals surface area contributed by atoms with E-state index in [0.717, 1.165) is 17.5 Å². The topological polar surface area (TPSA) is 79.7 Å². The van der Waals surface area contributed by atoms with Crippen molar-refractivity contribution in [2.75, 3.05) is 11.5 Å². The molecule has 1 N–H and O–H groups in total. The van der Waals surface area contributed by atoms with Gasteiger partial charge in [0.2, 0.25) is 0 Å². The Kier molecular flexibility index (Phi) is 7.20. The first-order chi connectivity index (χ1) is 17.9. The number of aliphatic hydroxyl groups is 1. The van der Waals surface area contributed by atoms with Crippen molar-refractivity contribution in [1.29, 1.82) is 0 Å². The second-order valence-electron chi connectivity index (χ2n) is 8.56. The number of hydrogen-bond acceptors (Lipinski definition) is 6. The third-order valence-electron chi connectivity index (χ3n) is 6.05. The summed E-state index contributed by atoms with van der Waals surface area (Å²) < 4.78 is 6.55. The van der Waals surface area contributed by atoms with Crippen LogP contribution in [0.15, 0.2) is 72.3 Å². The normalized spacial score (nSPS) is 17.1. The van der Waals surface area contributed by atoms with Crippen molar-refractivity contribution < 1.29 is 19.4 Å². The molecule has 1 aliphatic heterocycles. The zero-order valence-corrected chi connectivity index (χ0v) is 22.1. The predicted octanol–water partition coefficient (Wildman–Crippen LogP) is 7.41. The Morgan fingerprint density at radius 2 is 1.81 bits per heavy atom. The van der Waals surface area contributed by atoms with E-state index in [2.05, 4.69) is 11.9 Å². The molecule has 9 heteroatoms. The van der Waals surface area contributed by atoms with E-state index >= 15 is 0 Å². The maximum absolute atomic E-state index is 13.4. The number of benzene rings is 3. The molecule has 0 bridgehead atoms. The van der Waals surface area contributed by atoms with Crippen LogP contribution in [0.4, 0.5) is 5.13 Å². The molecule has 5 rings (SSSR count). The minimum Gasteiger partial charge on any atom is -0.507 e. The van der Waals surface area contributed by atoms with Gasteiger partial charge in [0.15, 0.2) is 5.13 Å². The van der Waals surface area contributed by atoms with Crippen LogP contribution in [0, 0.1) is 0 Å². The number of aromatic nitrogens is 1. The Hall–Kier alpha value is -3.39. The van der Waals surface area contributed by atoms with Crippen LogP contribution in [-0.4, -0.2) is 28.4 Å². The molecule has 1 unspecified atom stereocenters. The summed E-state index contributed by atoms with van der Waals surface area (Å²) in [6, 6.07) is 18.0. The van der Waals surface area contributed by atoms with Crippen LogP contribution in [-0.2, 0) is 9.59 Å². The molecule has 0 radical (unpaired) electrons. The van der Waals surface area contributed by atoms with Crippen LogP contribution >= 0.6 is 34.5 Å². The van der Waals surface area contributed by atoms with Crippen molar-refractivity contribution in [2.24, 2.45) is 0 Å². The van der Waals surface area contributed by atoms with E-state index in [1.807, 2.05) is 0 Å². The molecule has 0 aliphatic carbocycles. The number of Topliss-reactive ketones (excluding diaryl/α,β-unsaturated/α-hetero) is 1. The molecule has 188 valence electrons. The summed E-state index contributed by atoms with van der Waals surface area (Å²) in [5, 5.41) is 12.8. The minimum atomic E-state index is -0.905. The van der Waals surface area contributed by atoms with E-state index in [4.69, 9.17) is 27.9 Å². The van der Waals surface area contributed by atoms with Gasteiger partial charge in [-0.15, -0.1) is 0 Å². The molecule has 1 fully saturated rings. The van der Waals surface area contributed by atoms with Gasteiger partial charge >= 0.3 is 5.91 Å². The van der Waals surface area contributed by atoms with Gasteiger partial charge in [-0.2, -0.15) is 0 Å². The maximum atomic E-state index is 13.4. The minimum absolute atomic E-state index is 0.0321. The summed E-state index contributed by atoms with van der Waals surface area (Å²) in [6.07, 6.45) is 1.88. The summed E-state index contributed by atoms with van der Waals surface area (Å²) in [6.45, 7) is 2.61. The number of halogens is 2. The van der Waals surface area contributed by atoms with Gasteiger partial charge in [0.05, 0.1) is 28.4 Å². The summed E-state index contributed by atoms with van der Waals surface area (Å²) in [7, 11) is 0. The van der Waals surface area contributed by atoms with Gasteiger partial charge in [-0.3, -0.25) is 14.5 Å². The zero-order valence-electron chi connectivity index (χ0n) is 19.8. The lowest BCUT2D eigenvalue weighted by atomic mass is 9.95. The zero-order chi connectivity index (χ0) is 26.1. The van der Waals surface area contributed by atoms with Crippen molar-refractivity contribution in [3.8, 4) is 5.75 Å². The largest absolute Gasteiger partial charge is 0.507 e. The Morgan fingerprint density at radius 1 is 1.05 bits per heavy atom. The van der Waals surface area contributed by atoms with E-state index in [1.165, 1.54) is 16.2 Å². The SMILES string of the molecule is CCCCOc1cccc(/C(O)=C2\C(=O)C(=O)N(c3nc4ccc(Cl)cc4s3)C2c2ccc(Cl)cc2)c1. The number of aliphatic hydroxyl groups excluding tert-OH is 1. The molecule has 3 aromatic carbocycles. The van der Waals surface area contributed by atoms with Crippen LogP contribution in [0.5, 0.6) is 5.75 Å². The number of unbranched alkanes of at least 4 members (excludes halogenated alkanes) is 1. The predicted molar refractivity (Wildman–Crippen MR) is 148 cm³/mol. The van der Waals surface area contributed by atoms with Gasteiger partial charge in [0.1, 0.15) is 11.5 Å². The number of fused-ring (bicyclic) bond motifs is 1. The van der Waals surface area contributed by atoms with Gasteiger partial charge in [-0.05, 0) is 54.4 Å². The first-order valence-corrected chi connectivity index (χ1v) is 13.3. The summed E-state index contributed by atoms with van der Waals surface area (Å²) in [5.41, 5.74) is 1.60. The molecule has 0 saturated carbocycles. The summed E-state index contributed by atoms with van der Waals surface area (Å²) >= 11 is 13.5. The number of carbonyl (C=O) groups excluding carboxylic acids is 2. The maximum Gasteiger partial charge on any atom is 0.301 e. The molecule has 2 heterocycles. The Labute approximate surface area is 227 Å². The van der Waals surface area contributed by atoms with Crippen LogP contribution < -0.4 is 9.64 Å². The highest BCUT2D eigenvalue weighted by Gasteiger charge is 2.48. The highest BCUT2D eigenvalue weighted by Crippen LogP contribution is 2.44. The fourth-order valence-electron chi connectivity index (χ4n) is 4.20. The number of hydrogen-bond donors (Lipinski definition) is 1. The van der Waals surface area contributed by atoms with Gasteiger partial charge in [0, 0.05) is 15.6 Å². The van der Waals surface area contributed by atoms with E-state index in [-0.39, 0.29) is 11.3 Å².